The molecule has 1 atom stereocenters. The van der Waals surface area contributed by atoms with Crippen molar-refractivity contribution in [1.29, 1.82) is 0 Å². The van der Waals surface area contributed by atoms with Crippen LogP contribution in [0, 0.1) is 5.92 Å². The van der Waals surface area contributed by atoms with Crippen LogP contribution in [0.4, 0.5) is 5.69 Å². The van der Waals surface area contributed by atoms with Crippen LogP contribution in [0.2, 0.25) is 0 Å². The van der Waals surface area contributed by atoms with Crippen molar-refractivity contribution in [2.45, 2.75) is 39.3 Å². The first-order valence-corrected chi connectivity index (χ1v) is 6.45. The molecule has 0 aromatic carbocycles. The summed E-state index contributed by atoms with van der Waals surface area (Å²) < 4.78 is 2.02. The molecule has 1 aromatic rings. The molecule has 1 heterocycles. The Bertz CT molecular complexity index is 439. The van der Waals surface area contributed by atoms with E-state index < -0.39 is 0 Å². The third kappa shape index (κ3) is 2.29. The molecule has 4 nitrogen and oxygen atoms in total. The summed E-state index contributed by atoms with van der Waals surface area (Å²) in [6, 6.07) is 0.412. The number of aryl methyl sites for hydroxylation is 1. The van der Waals surface area contributed by atoms with Gasteiger partial charge in [-0.1, -0.05) is 0 Å². The monoisotopic (exact) mass is 285 g/mol. The summed E-state index contributed by atoms with van der Waals surface area (Å²) in [6.45, 7) is 4.64. The smallest absolute Gasteiger partial charge is 0.283 e. The molecule has 0 aliphatic heterocycles. The predicted molar refractivity (Wildman–Crippen MR) is 67.7 cm³/mol. The van der Waals surface area contributed by atoms with Crippen LogP contribution in [-0.2, 0) is 6.54 Å². The number of hydrogen-bond acceptors (Lipinski definition) is 3. The molecule has 0 radical (unpaired) electrons. The molecule has 0 spiro atoms. The first-order valence-electron chi connectivity index (χ1n) is 5.65. The SMILES string of the molecule is CCn1ncc(NC(C)C2CC2)c(Br)c1=O. The number of hydrogen-bond donors (Lipinski definition) is 1. The maximum atomic E-state index is 11.8. The van der Waals surface area contributed by atoms with Gasteiger partial charge in [0.25, 0.3) is 5.56 Å². The highest BCUT2D eigenvalue weighted by Crippen LogP contribution is 2.34. The number of aromatic nitrogens is 2. The normalized spacial score (nSPS) is 17.2. The van der Waals surface area contributed by atoms with E-state index in [1.807, 2.05) is 6.92 Å². The summed E-state index contributed by atoms with van der Waals surface area (Å²) in [5.41, 5.74) is 0.726. The predicted octanol–water partition coefficient (Wildman–Crippen LogP) is 2.24. The zero-order valence-electron chi connectivity index (χ0n) is 9.53. The molecule has 0 bridgehead atoms. The average molecular weight is 286 g/mol. The number of halogens is 1. The fourth-order valence-corrected chi connectivity index (χ4v) is 2.17. The summed E-state index contributed by atoms with van der Waals surface area (Å²) in [6.07, 6.45) is 4.28. The van der Waals surface area contributed by atoms with E-state index in [1.54, 1.807) is 6.20 Å². The molecular weight excluding hydrogens is 270 g/mol. The summed E-state index contributed by atoms with van der Waals surface area (Å²) in [5.74, 6) is 0.750. The van der Waals surface area contributed by atoms with Gasteiger partial charge in [0.05, 0.1) is 11.9 Å². The van der Waals surface area contributed by atoms with Gasteiger partial charge in [-0.25, -0.2) is 4.68 Å². The first-order chi connectivity index (χ1) is 7.63. The van der Waals surface area contributed by atoms with E-state index in [2.05, 4.69) is 33.3 Å². The lowest BCUT2D eigenvalue weighted by Crippen LogP contribution is -2.26. The van der Waals surface area contributed by atoms with Crippen LogP contribution in [0.15, 0.2) is 15.5 Å². The largest absolute Gasteiger partial charge is 0.380 e. The van der Waals surface area contributed by atoms with Crippen LogP contribution in [0.1, 0.15) is 26.7 Å². The van der Waals surface area contributed by atoms with E-state index in [1.165, 1.54) is 17.5 Å². The van der Waals surface area contributed by atoms with Gasteiger partial charge in [0, 0.05) is 12.6 Å². The lowest BCUT2D eigenvalue weighted by Gasteiger charge is -2.15. The molecule has 16 heavy (non-hydrogen) atoms. The van der Waals surface area contributed by atoms with Gasteiger partial charge in [-0.05, 0) is 48.5 Å². The van der Waals surface area contributed by atoms with Crippen molar-refractivity contribution in [2.75, 3.05) is 5.32 Å². The number of anilines is 1. The van der Waals surface area contributed by atoms with E-state index >= 15 is 0 Å². The van der Waals surface area contributed by atoms with Crippen LogP contribution in [0.3, 0.4) is 0 Å². The molecule has 1 aliphatic carbocycles. The lowest BCUT2D eigenvalue weighted by atomic mass is 10.2. The maximum Gasteiger partial charge on any atom is 0.283 e. The molecule has 88 valence electrons. The third-order valence-electron chi connectivity index (χ3n) is 3.00. The van der Waals surface area contributed by atoms with Crippen molar-refractivity contribution in [2.24, 2.45) is 5.92 Å². The van der Waals surface area contributed by atoms with Crippen molar-refractivity contribution in [3.05, 3.63) is 21.0 Å². The Morgan fingerprint density at radius 3 is 2.94 bits per heavy atom. The topological polar surface area (TPSA) is 46.9 Å². The highest BCUT2D eigenvalue weighted by Gasteiger charge is 2.28. The Balaban J connectivity index is 2.21. The quantitative estimate of drug-likeness (QED) is 0.923. The van der Waals surface area contributed by atoms with Gasteiger partial charge in [-0.15, -0.1) is 0 Å². The Morgan fingerprint density at radius 1 is 1.69 bits per heavy atom. The highest BCUT2D eigenvalue weighted by atomic mass is 79.9. The minimum Gasteiger partial charge on any atom is -0.380 e. The molecule has 2 rings (SSSR count). The van der Waals surface area contributed by atoms with Crippen molar-refractivity contribution in [3.63, 3.8) is 0 Å². The van der Waals surface area contributed by atoms with Gasteiger partial charge in [-0.2, -0.15) is 5.10 Å². The van der Waals surface area contributed by atoms with E-state index in [9.17, 15) is 4.79 Å². The Kier molecular flexibility index (Phi) is 3.33. The van der Waals surface area contributed by atoms with E-state index in [0.717, 1.165) is 11.6 Å². The molecule has 5 heteroatoms. The van der Waals surface area contributed by atoms with Crippen molar-refractivity contribution < 1.29 is 0 Å². The Labute approximate surface area is 103 Å². The molecule has 0 saturated heterocycles. The second-order valence-electron chi connectivity index (χ2n) is 4.26. The van der Waals surface area contributed by atoms with E-state index in [4.69, 9.17) is 0 Å². The fourth-order valence-electron chi connectivity index (χ4n) is 1.75. The Morgan fingerprint density at radius 2 is 2.38 bits per heavy atom. The summed E-state index contributed by atoms with van der Waals surface area (Å²) >= 11 is 3.33. The van der Waals surface area contributed by atoms with Crippen LogP contribution >= 0.6 is 15.9 Å². The van der Waals surface area contributed by atoms with Crippen LogP contribution in [0.5, 0.6) is 0 Å². The minimum atomic E-state index is -0.0736. The first kappa shape index (κ1) is 11.6. The fraction of sp³-hybridized carbons (Fsp3) is 0.636. The van der Waals surface area contributed by atoms with E-state index in [-0.39, 0.29) is 5.56 Å². The van der Waals surface area contributed by atoms with E-state index in [0.29, 0.717) is 17.1 Å². The second-order valence-corrected chi connectivity index (χ2v) is 5.06. The lowest BCUT2D eigenvalue weighted by molar-refractivity contribution is 0.610. The van der Waals surface area contributed by atoms with Gasteiger partial charge in [0.15, 0.2) is 0 Å². The molecule has 1 aliphatic rings. The van der Waals surface area contributed by atoms with Crippen molar-refractivity contribution in [1.82, 2.24) is 9.78 Å². The van der Waals surface area contributed by atoms with Gasteiger partial charge in [0.1, 0.15) is 4.47 Å². The highest BCUT2D eigenvalue weighted by molar-refractivity contribution is 9.10. The Hall–Kier alpha value is -0.840. The summed E-state index contributed by atoms with van der Waals surface area (Å²) in [4.78, 5) is 11.8. The summed E-state index contributed by atoms with van der Waals surface area (Å²) in [7, 11) is 0. The van der Waals surface area contributed by atoms with Crippen LogP contribution < -0.4 is 10.9 Å². The minimum absolute atomic E-state index is 0.0736. The molecule has 1 N–H and O–H groups in total. The second kappa shape index (κ2) is 4.57. The van der Waals surface area contributed by atoms with Crippen molar-refractivity contribution >= 4 is 21.6 Å². The number of rotatable bonds is 4. The molecule has 1 unspecified atom stereocenters. The molecular formula is C11H16BrN3O. The molecule has 1 aromatic heterocycles. The van der Waals surface area contributed by atoms with Gasteiger partial charge in [-0.3, -0.25) is 4.79 Å². The van der Waals surface area contributed by atoms with Crippen LogP contribution in [0.25, 0.3) is 0 Å². The van der Waals surface area contributed by atoms with Gasteiger partial charge < -0.3 is 5.32 Å². The van der Waals surface area contributed by atoms with Gasteiger partial charge >= 0.3 is 0 Å². The van der Waals surface area contributed by atoms with Crippen molar-refractivity contribution in [3.8, 4) is 0 Å². The maximum absolute atomic E-state index is 11.8. The molecule has 1 fully saturated rings. The zero-order chi connectivity index (χ0) is 11.7. The average Bonchev–Trinajstić information content (AvgIpc) is 3.09. The molecule has 0 amide bonds. The van der Waals surface area contributed by atoms with Gasteiger partial charge in [0.2, 0.25) is 0 Å². The molecule has 1 saturated carbocycles. The summed E-state index contributed by atoms with van der Waals surface area (Å²) in [5, 5.41) is 7.44. The third-order valence-corrected chi connectivity index (χ3v) is 3.76. The standard InChI is InChI=1S/C11H16BrN3O/c1-3-15-11(16)10(12)9(6-13-15)14-7(2)8-4-5-8/h6-8,14H,3-5H2,1-2H3. The number of nitrogens with one attached hydrogen (secondary N) is 1. The zero-order valence-corrected chi connectivity index (χ0v) is 11.1. The number of nitrogens with zero attached hydrogens (tertiary/aromatic N) is 2. The van der Waals surface area contributed by atoms with Crippen LogP contribution in [-0.4, -0.2) is 15.8 Å².